The van der Waals surface area contributed by atoms with Gasteiger partial charge in [-0.05, 0) is 23.3 Å². The van der Waals surface area contributed by atoms with E-state index in [0.29, 0.717) is 10.6 Å². The van der Waals surface area contributed by atoms with E-state index < -0.39 is 5.97 Å². The van der Waals surface area contributed by atoms with Gasteiger partial charge in [0.25, 0.3) is 0 Å². The van der Waals surface area contributed by atoms with Crippen molar-refractivity contribution in [3.8, 4) is 0 Å². The summed E-state index contributed by atoms with van der Waals surface area (Å²) in [7, 11) is 4.42. The number of hydrogen-bond donors (Lipinski definition) is 0. The summed E-state index contributed by atoms with van der Waals surface area (Å²) in [4.78, 5) is 26.9. The first-order valence-electron chi connectivity index (χ1n) is 8.60. The van der Waals surface area contributed by atoms with Crippen molar-refractivity contribution < 1.29 is 23.9 Å². The van der Waals surface area contributed by atoms with Crippen LogP contribution in [-0.4, -0.2) is 48.4 Å². The Kier molecular flexibility index (Phi) is 7.99. The Morgan fingerprint density at radius 1 is 1.28 bits per heavy atom. The molecule has 0 fully saturated rings. The lowest BCUT2D eigenvalue weighted by atomic mass is 9.99. The second-order valence-corrected chi connectivity index (χ2v) is 6.83. The summed E-state index contributed by atoms with van der Waals surface area (Å²) in [5.41, 5.74) is 3.89. The fraction of sp³-hybridized carbons (Fsp3) is 0.300. The van der Waals surface area contributed by atoms with E-state index in [1.165, 1.54) is 14.2 Å². The van der Waals surface area contributed by atoms with E-state index >= 15 is 0 Å². The van der Waals surface area contributed by atoms with E-state index in [9.17, 15) is 4.79 Å². The number of aryl methyl sites for hydroxylation is 1. The Morgan fingerprint density at radius 2 is 2.00 bits per heavy atom. The van der Waals surface area contributed by atoms with Gasteiger partial charge in [-0.3, -0.25) is 4.84 Å². The van der Waals surface area contributed by atoms with E-state index in [-0.39, 0.29) is 17.5 Å². The molecule has 1 heterocycles. The van der Waals surface area contributed by atoms with Crippen LogP contribution in [0, 0.1) is 6.92 Å². The van der Waals surface area contributed by atoms with Crippen molar-refractivity contribution >= 4 is 40.6 Å². The minimum Gasteiger partial charge on any atom is -0.464 e. The Balaban J connectivity index is 2.36. The molecule has 0 saturated carbocycles. The lowest BCUT2D eigenvalue weighted by Crippen LogP contribution is -2.22. The number of hydrogen-bond acceptors (Lipinski definition) is 6. The average molecular weight is 439 g/mol. The summed E-state index contributed by atoms with van der Waals surface area (Å²) in [6.07, 6.45) is 1.61. The van der Waals surface area contributed by atoms with Crippen LogP contribution in [0.1, 0.15) is 29.2 Å². The number of halogens is 2. The normalized spacial score (nSPS) is 12.3. The summed E-state index contributed by atoms with van der Waals surface area (Å²) < 4.78 is 6.42. The van der Waals surface area contributed by atoms with Gasteiger partial charge in [0.1, 0.15) is 12.3 Å². The van der Waals surface area contributed by atoms with Crippen LogP contribution in [-0.2, 0) is 25.8 Å². The molecular weight excluding hydrogens is 417 g/mol. The van der Waals surface area contributed by atoms with Crippen molar-refractivity contribution in [3.63, 3.8) is 0 Å². The van der Waals surface area contributed by atoms with E-state index in [1.54, 1.807) is 30.1 Å². The quantitative estimate of drug-likeness (QED) is 0.216. The number of nitrogens with zero attached hydrogens (tertiary/aromatic N) is 3. The van der Waals surface area contributed by atoms with Gasteiger partial charge in [-0.25, -0.2) is 9.78 Å². The number of carbonyl (C=O) groups is 1. The maximum absolute atomic E-state index is 12.1. The number of pyridine rings is 1. The molecule has 0 radical (unpaired) electrons. The Hall–Kier alpha value is -2.64. The van der Waals surface area contributed by atoms with E-state index in [1.807, 2.05) is 26.0 Å². The Bertz CT molecular complexity index is 974. The summed E-state index contributed by atoms with van der Waals surface area (Å²) in [6.45, 7) is 3.97. The molecule has 2 aromatic rings. The summed E-state index contributed by atoms with van der Waals surface area (Å²) in [5, 5.41) is 4.42. The lowest BCUT2D eigenvalue weighted by Gasteiger charge is -2.12. The number of hydroxylamine groups is 1. The summed E-state index contributed by atoms with van der Waals surface area (Å²) >= 11 is 11.9. The topological polar surface area (TPSA) is 73.0 Å². The first-order valence-corrected chi connectivity index (χ1v) is 9.35. The number of oxime groups is 1. The van der Waals surface area contributed by atoms with Crippen molar-refractivity contribution in [1.29, 1.82) is 0 Å². The molecule has 0 N–H and O–H groups in total. The van der Waals surface area contributed by atoms with E-state index in [2.05, 4.69) is 10.1 Å². The third-order valence-electron chi connectivity index (χ3n) is 4.32. The number of methoxy groups -OCH3 is 1. The van der Waals surface area contributed by atoms with Crippen molar-refractivity contribution in [2.24, 2.45) is 5.16 Å². The van der Waals surface area contributed by atoms with Gasteiger partial charge in [0, 0.05) is 24.2 Å². The second-order valence-electron chi connectivity index (χ2n) is 6.07. The predicted molar refractivity (Wildman–Crippen MR) is 112 cm³/mol. The number of esters is 1. The zero-order valence-electron chi connectivity index (χ0n) is 16.8. The fourth-order valence-corrected chi connectivity index (χ4v) is 2.83. The zero-order valence-corrected chi connectivity index (χ0v) is 18.3. The highest BCUT2D eigenvalue weighted by molar-refractivity contribution is 6.43. The van der Waals surface area contributed by atoms with Crippen molar-refractivity contribution in [1.82, 2.24) is 4.98 Å². The standard InChI is InChI=1S/C20H22Cl2N3O4/c1-12-7-6-8-15(18(24-28-5)20(26)27-4)16(12)11-29-25(3)13(2)14-9-17(21)19(22)23-10-14/h6-10H,11H2,1-5H3/q+1/b24-18+. The first kappa shape index (κ1) is 22.6. The van der Waals surface area contributed by atoms with Crippen LogP contribution < -0.4 is 0 Å². The number of benzene rings is 1. The molecule has 0 atom stereocenters. The molecule has 0 amide bonds. The molecular formula is C20H22Cl2N3O4+. The molecule has 0 saturated heterocycles. The monoisotopic (exact) mass is 438 g/mol. The Morgan fingerprint density at radius 3 is 2.62 bits per heavy atom. The zero-order chi connectivity index (χ0) is 21.6. The van der Waals surface area contributed by atoms with Crippen molar-refractivity contribution in [2.45, 2.75) is 20.5 Å². The highest BCUT2D eigenvalue weighted by atomic mass is 35.5. The molecule has 0 unspecified atom stereocenters. The van der Waals surface area contributed by atoms with E-state index in [4.69, 9.17) is 37.6 Å². The average Bonchev–Trinajstić information content (AvgIpc) is 2.71. The molecule has 1 aromatic heterocycles. The highest BCUT2D eigenvalue weighted by Gasteiger charge is 2.22. The third kappa shape index (κ3) is 5.46. The van der Waals surface area contributed by atoms with Gasteiger partial charge in [0.05, 0.1) is 17.7 Å². The number of carbonyl (C=O) groups excluding carboxylic acids is 1. The second kappa shape index (κ2) is 10.2. The molecule has 0 bridgehead atoms. The molecule has 29 heavy (non-hydrogen) atoms. The molecule has 1 aromatic carbocycles. The minimum absolute atomic E-state index is 0.0642. The summed E-state index contributed by atoms with van der Waals surface area (Å²) in [6, 6.07) is 7.22. The molecule has 2 rings (SSSR count). The number of rotatable bonds is 7. The lowest BCUT2D eigenvalue weighted by molar-refractivity contribution is -0.773. The van der Waals surface area contributed by atoms with Gasteiger partial charge in [-0.1, -0.05) is 46.6 Å². The van der Waals surface area contributed by atoms with E-state index in [0.717, 1.165) is 22.4 Å². The number of ether oxygens (including phenoxy) is 1. The van der Waals surface area contributed by atoms with Crippen LogP contribution in [0.4, 0.5) is 0 Å². The van der Waals surface area contributed by atoms with Gasteiger partial charge in [-0.15, -0.1) is 0 Å². The molecule has 154 valence electrons. The van der Waals surface area contributed by atoms with Gasteiger partial charge in [0.2, 0.25) is 5.71 Å². The van der Waals surface area contributed by atoms with Crippen LogP contribution in [0.25, 0.3) is 0 Å². The van der Waals surface area contributed by atoms with Crippen LogP contribution in [0.3, 0.4) is 0 Å². The fourth-order valence-electron chi connectivity index (χ4n) is 2.56. The predicted octanol–water partition coefficient (Wildman–Crippen LogP) is 3.80. The van der Waals surface area contributed by atoms with Crippen molar-refractivity contribution in [2.75, 3.05) is 21.3 Å². The largest absolute Gasteiger partial charge is 0.464 e. The maximum atomic E-state index is 12.1. The maximum Gasteiger partial charge on any atom is 0.360 e. The smallest absolute Gasteiger partial charge is 0.360 e. The van der Waals surface area contributed by atoms with Crippen LogP contribution >= 0.6 is 23.2 Å². The molecule has 7 nitrogen and oxygen atoms in total. The van der Waals surface area contributed by atoms with Gasteiger partial charge in [0.15, 0.2) is 19.4 Å². The van der Waals surface area contributed by atoms with Gasteiger partial charge in [-0.2, -0.15) is 0 Å². The van der Waals surface area contributed by atoms with Crippen LogP contribution in [0.15, 0.2) is 35.6 Å². The van der Waals surface area contributed by atoms with Crippen LogP contribution in [0.5, 0.6) is 0 Å². The number of aromatic nitrogens is 1. The molecule has 0 aliphatic rings. The first-order chi connectivity index (χ1) is 13.8. The highest BCUT2D eigenvalue weighted by Crippen LogP contribution is 2.21. The SMILES string of the molecule is CO/N=C(/C(=O)OC)c1cccc(C)c1CO/[N+](C)=C(\C)c1cnc(Cl)c(Cl)c1. The minimum atomic E-state index is -0.600. The third-order valence-corrected chi connectivity index (χ3v) is 5.00. The Labute approximate surface area is 179 Å². The van der Waals surface area contributed by atoms with Gasteiger partial charge >= 0.3 is 5.97 Å². The summed E-state index contributed by atoms with van der Waals surface area (Å²) in [5.74, 6) is -0.600. The van der Waals surface area contributed by atoms with Crippen molar-refractivity contribution in [3.05, 3.63) is 62.9 Å². The molecule has 0 aliphatic carbocycles. The van der Waals surface area contributed by atoms with Crippen LogP contribution in [0.2, 0.25) is 10.2 Å². The molecule has 9 heteroatoms. The molecule has 0 spiro atoms. The molecule has 0 aliphatic heterocycles. The van der Waals surface area contributed by atoms with Gasteiger partial charge < -0.3 is 9.57 Å².